The number of aromatic nitrogens is 2. The van der Waals surface area contributed by atoms with E-state index in [1.165, 1.54) is 5.69 Å². The zero-order chi connectivity index (χ0) is 16.1. The van der Waals surface area contributed by atoms with E-state index >= 15 is 0 Å². The van der Waals surface area contributed by atoms with Crippen LogP contribution in [0.25, 0.3) is 0 Å². The van der Waals surface area contributed by atoms with Crippen molar-refractivity contribution in [3.05, 3.63) is 39.6 Å². The maximum absolute atomic E-state index is 5.43. The monoisotopic (exact) mass is 384 g/mol. The van der Waals surface area contributed by atoms with E-state index in [9.17, 15) is 0 Å². The van der Waals surface area contributed by atoms with E-state index in [0.717, 1.165) is 38.9 Å². The van der Waals surface area contributed by atoms with Crippen LogP contribution in [0.4, 0.5) is 0 Å². The average Bonchev–Trinajstić information content (AvgIpc) is 2.78. The summed E-state index contributed by atoms with van der Waals surface area (Å²) < 4.78 is 13.9. The number of benzene rings is 1. The summed E-state index contributed by atoms with van der Waals surface area (Å²) in [6.45, 7) is 5.65. The van der Waals surface area contributed by atoms with Gasteiger partial charge in [0.15, 0.2) is 5.16 Å². The highest BCUT2D eigenvalue weighted by molar-refractivity contribution is 9.10. The topological polar surface area (TPSA) is 36.3 Å². The number of hydrogen-bond acceptors (Lipinski definition) is 4. The largest absolute Gasteiger partial charge is 0.496 e. The molecule has 0 amide bonds. The van der Waals surface area contributed by atoms with Crippen LogP contribution in [-0.4, -0.2) is 30.4 Å². The van der Waals surface area contributed by atoms with E-state index in [4.69, 9.17) is 9.47 Å². The highest BCUT2D eigenvalue weighted by atomic mass is 79.9. The first-order valence-electron chi connectivity index (χ1n) is 7.04. The minimum atomic E-state index is 0.685. The Hall–Kier alpha value is -0.980. The number of thioether (sulfide) groups is 1. The lowest BCUT2D eigenvalue weighted by atomic mass is 10.2. The third-order valence-electron chi connectivity index (χ3n) is 3.54. The third kappa shape index (κ3) is 4.06. The smallest absolute Gasteiger partial charge is 0.168 e. The van der Waals surface area contributed by atoms with Gasteiger partial charge in [0.05, 0.1) is 19.4 Å². The SMILES string of the molecule is COCCn1c(SCc2cc(Br)ccc2OC)nc(C)c1C. The molecule has 0 atom stereocenters. The Kier molecular flexibility index (Phi) is 6.35. The maximum atomic E-state index is 5.43. The molecule has 1 aromatic carbocycles. The second-order valence-electron chi connectivity index (χ2n) is 4.95. The number of rotatable bonds is 7. The van der Waals surface area contributed by atoms with Crippen molar-refractivity contribution in [3.63, 3.8) is 0 Å². The molecule has 0 saturated heterocycles. The minimum Gasteiger partial charge on any atom is -0.496 e. The Morgan fingerprint density at radius 1 is 1.27 bits per heavy atom. The molecule has 0 unspecified atom stereocenters. The molecule has 0 radical (unpaired) electrons. The fraction of sp³-hybridized carbons (Fsp3) is 0.438. The first-order valence-corrected chi connectivity index (χ1v) is 8.82. The molecule has 4 nitrogen and oxygen atoms in total. The van der Waals surface area contributed by atoms with Crippen LogP contribution in [-0.2, 0) is 17.0 Å². The highest BCUT2D eigenvalue weighted by Gasteiger charge is 2.13. The molecule has 0 bridgehead atoms. The summed E-state index contributed by atoms with van der Waals surface area (Å²) in [6, 6.07) is 6.06. The van der Waals surface area contributed by atoms with E-state index in [2.05, 4.69) is 38.5 Å². The van der Waals surface area contributed by atoms with Gasteiger partial charge in [0.2, 0.25) is 0 Å². The molecule has 1 heterocycles. The molecule has 2 aromatic rings. The molecular weight excluding hydrogens is 364 g/mol. The highest BCUT2D eigenvalue weighted by Crippen LogP contribution is 2.30. The molecule has 120 valence electrons. The Bertz CT molecular complexity index is 643. The lowest BCUT2D eigenvalue weighted by molar-refractivity contribution is 0.184. The van der Waals surface area contributed by atoms with Gasteiger partial charge in [-0.05, 0) is 32.0 Å². The number of nitrogens with zero attached hydrogens (tertiary/aromatic N) is 2. The lowest BCUT2D eigenvalue weighted by Gasteiger charge is -2.11. The second kappa shape index (κ2) is 8.04. The van der Waals surface area contributed by atoms with Crippen LogP contribution in [0.2, 0.25) is 0 Å². The van der Waals surface area contributed by atoms with Crippen molar-refractivity contribution in [1.29, 1.82) is 0 Å². The van der Waals surface area contributed by atoms with Gasteiger partial charge in [-0.25, -0.2) is 4.98 Å². The zero-order valence-corrected chi connectivity index (χ0v) is 15.8. The summed E-state index contributed by atoms with van der Waals surface area (Å²) in [7, 11) is 3.42. The second-order valence-corrected chi connectivity index (χ2v) is 6.81. The van der Waals surface area contributed by atoms with Gasteiger partial charge in [0.1, 0.15) is 5.75 Å². The zero-order valence-electron chi connectivity index (χ0n) is 13.4. The summed E-state index contributed by atoms with van der Waals surface area (Å²) >= 11 is 5.23. The van der Waals surface area contributed by atoms with Crippen LogP contribution in [0.1, 0.15) is 17.0 Å². The van der Waals surface area contributed by atoms with Crippen molar-refractivity contribution < 1.29 is 9.47 Å². The molecule has 0 N–H and O–H groups in total. The molecule has 2 rings (SSSR count). The van der Waals surface area contributed by atoms with Gasteiger partial charge in [-0.1, -0.05) is 27.7 Å². The van der Waals surface area contributed by atoms with Crippen LogP contribution in [0.15, 0.2) is 27.8 Å². The van der Waals surface area contributed by atoms with Gasteiger partial charge in [-0.15, -0.1) is 0 Å². The average molecular weight is 385 g/mol. The molecule has 22 heavy (non-hydrogen) atoms. The predicted octanol–water partition coefficient (Wildman–Crippen LogP) is 4.21. The van der Waals surface area contributed by atoms with Crippen molar-refractivity contribution in [1.82, 2.24) is 9.55 Å². The number of ether oxygens (including phenoxy) is 2. The normalized spacial score (nSPS) is 11.0. The summed E-state index contributed by atoms with van der Waals surface area (Å²) in [5.74, 6) is 1.71. The number of methoxy groups -OCH3 is 2. The van der Waals surface area contributed by atoms with Crippen molar-refractivity contribution in [2.75, 3.05) is 20.8 Å². The minimum absolute atomic E-state index is 0.685. The standard InChI is InChI=1S/C16H21BrN2O2S/c1-11-12(2)19(7-8-20-3)16(18-11)22-10-13-9-14(17)5-6-15(13)21-4/h5-6,9H,7-8,10H2,1-4H3. The predicted molar refractivity (Wildman–Crippen MR) is 93.8 cm³/mol. The number of halogens is 1. The number of aryl methyl sites for hydroxylation is 1. The van der Waals surface area contributed by atoms with E-state index in [0.29, 0.717) is 6.61 Å². The van der Waals surface area contributed by atoms with Crippen LogP contribution < -0.4 is 4.74 Å². The lowest BCUT2D eigenvalue weighted by Crippen LogP contribution is -2.07. The molecule has 0 aliphatic carbocycles. The van der Waals surface area contributed by atoms with Crippen molar-refractivity contribution in [2.45, 2.75) is 31.3 Å². The van der Waals surface area contributed by atoms with Gasteiger partial charge in [0, 0.05) is 35.1 Å². The van der Waals surface area contributed by atoms with Gasteiger partial charge >= 0.3 is 0 Å². The Balaban J connectivity index is 2.18. The Labute approximate surface area is 144 Å². The Morgan fingerprint density at radius 2 is 2.05 bits per heavy atom. The maximum Gasteiger partial charge on any atom is 0.168 e. The molecule has 0 saturated carbocycles. The van der Waals surface area contributed by atoms with E-state index in [1.54, 1.807) is 26.0 Å². The number of imidazole rings is 1. The molecule has 0 aliphatic heterocycles. The molecule has 6 heteroatoms. The van der Waals surface area contributed by atoms with Crippen molar-refractivity contribution >= 4 is 27.7 Å². The molecule has 1 aromatic heterocycles. The quantitative estimate of drug-likeness (QED) is 0.669. The van der Waals surface area contributed by atoms with Crippen LogP contribution in [0.5, 0.6) is 5.75 Å². The van der Waals surface area contributed by atoms with Crippen molar-refractivity contribution in [2.24, 2.45) is 0 Å². The molecular formula is C16H21BrN2O2S. The van der Waals surface area contributed by atoms with E-state index < -0.39 is 0 Å². The van der Waals surface area contributed by atoms with Gasteiger partial charge < -0.3 is 14.0 Å². The third-order valence-corrected chi connectivity index (χ3v) is 5.06. The van der Waals surface area contributed by atoms with Gasteiger partial charge in [-0.2, -0.15) is 0 Å². The van der Waals surface area contributed by atoms with Gasteiger partial charge in [-0.3, -0.25) is 0 Å². The molecule has 0 aliphatic rings. The molecule has 0 fully saturated rings. The van der Waals surface area contributed by atoms with Crippen LogP contribution in [0, 0.1) is 13.8 Å². The summed E-state index contributed by atoms with van der Waals surface area (Å²) in [5.41, 5.74) is 3.42. The van der Waals surface area contributed by atoms with E-state index in [-0.39, 0.29) is 0 Å². The Morgan fingerprint density at radius 3 is 2.73 bits per heavy atom. The van der Waals surface area contributed by atoms with Crippen LogP contribution in [0.3, 0.4) is 0 Å². The fourth-order valence-electron chi connectivity index (χ4n) is 2.18. The van der Waals surface area contributed by atoms with Crippen LogP contribution >= 0.6 is 27.7 Å². The fourth-order valence-corrected chi connectivity index (χ4v) is 3.69. The van der Waals surface area contributed by atoms with Gasteiger partial charge in [0.25, 0.3) is 0 Å². The first kappa shape index (κ1) is 17.4. The summed E-state index contributed by atoms with van der Waals surface area (Å²) in [6.07, 6.45) is 0. The number of hydrogen-bond donors (Lipinski definition) is 0. The summed E-state index contributed by atoms with van der Waals surface area (Å²) in [5, 5.41) is 1.02. The summed E-state index contributed by atoms with van der Waals surface area (Å²) in [4.78, 5) is 4.67. The first-order chi connectivity index (χ1) is 10.6. The van der Waals surface area contributed by atoms with E-state index in [1.807, 2.05) is 19.1 Å². The van der Waals surface area contributed by atoms with Crippen molar-refractivity contribution in [3.8, 4) is 5.75 Å². The molecule has 0 spiro atoms.